The number of rotatable bonds is 13. The Hall–Kier alpha value is -5.17. The van der Waals surface area contributed by atoms with E-state index in [1.54, 1.807) is 17.9 Å². The molecule has 5 rings (SSSR count). The van der Waals surface area contributed by atoms with E-state index >= 15 is 0 Å². The molecular formula is C32H39N9O4. The van der Waals surface area contributed by atoms with Gasteiger partial charge in [-0.05, 0) is 45.1 Å². The Labute approximate surface area is 262 Å². The Morgan fingerprint density at radius 2 is 1.80 bits per heavy atom. The van der Waals surface area contributed by atoms with E-state index in [0.717, 1.165) is 42.9 Å². The topological polar surface area (TPSA) is 139 Å². The van der Waals surface area contributed by atoms with Crippen LogP contribution in [-0.4, -0.2) is 84.0 Å². The number of anilines is 6. The molecule has 45 heavy (non-hydrogen) atoms. The van der Waals surface area contributed by atoms with E-state index in [9.17, 15) is 9.59 Å². The molecule has 0 saturated heterocycles. The first-order chi connectivity index (χ1) is 21.6. The van der Waals surface area contributed by atoms with Gasteiger partial charge in [-0.25, -0.2) is 9.78 Å². The number of esters is 1. The van der Waals surface area contributed by atoms with Crippen LogP contribution in [-0.2, 0) is 16.6 Å². The molecule has 1 aliphatic rings. The Kier molecular flexibility index (Phi) is 9.48. The van der Waals surface area contributed by atoms with E-state index in [2.05, 4.69) is 35.8 Å². The zero-order valence-electron chi connectivity index (χ0n) is 26.4. The van der Waals surface area contributed by atoms with Crippen LogP contribution in [0.2, 0.25) is 0 Å². The van der Waals surface area contributed by atoms with Crippen molar-refractivity contribution < 1.29 is 19.1 Å². The van der Waals surface area contributed by atoms with Crippen LogP contribution in [0.4, 0.5) is 34.5 Å². The van der Waals surface area contributed by atoms with Gasteiger partial charge < -0.3 is 35.2 Å². The molecule has 1 fully saturated rings. The number of carbonyl (C=O) groups is 2. The molecule has 13 nitrogen and oxygen atoms in total. The number of methoxy groups -OCH3 is 1. The molecule has 13 heteroatoms. The van der Waals surface area contributed by atoms with Crippen molar-refractivity contribution in [1.29, 1.82) is 0 Å². The molecule has 0 atom stereocenters. The molecule has 2 aromatic heterocycles. The maximum atomic E-state index is 13.1. The van der Waals surface area contributed by atoms with E-state index in [-0.39, 0.29) is 29.3 Å². The zero-order valence-corrected chi connectivity index (χ0v) is 26.4. The largest absolute Gasteiger partial charge is 0.494 e. The minimum atomic E-state index is -0.502. The van der Waals surface area contributed by atoms with Crippen molar-refractivity contribution in [3.8, 4) is 17.0 Å². The Balaban J connectivity index is 1.51. The monoisotopic (exact) mass is 613 g/mol. The molecule has 0 aliphatic heterocycles. The number of likely N-dealkylation sites (N-methyl/N-ethyl adjacent to an activating group) is 2. The Morgan fingerprint density at radius 3 is 2.47 bits per heavy atom. The lowest BCUT2D eigenvalue weighted by molar-refractivity contribution is -0.114. The van der Waals surface area contributed by atoms with E-state index in [4.69, 9.17) is 14.5 Å². The maximum absolute atomic E-state index is 13.1. The van der Waals surface area contributed by atoms with Crippen molar-refractivity contribution >= 4 is 46.4 Å². The predicted molar refractivity (Wildman–Crippen MR) is 175 cm³/mol. The van der Waals surface area contributed by atoms with Crippen LogP contribution >= 0.6 is 0 Å². The summed E-state index contributed by atoms with van der Waals surface area (Å²) in [4.78, 5) is 38.6. The van der Waals surface area contributed by atoms with Gasteiger partial charge >= 0.3 is 5.97 Å². The van der Waals surface area contributed by atoms with E-state index in [0.29, 0.717) is 22.8 Å². The first-order valence-electron chi connectivity index (χ1n) is 14.7. The molecule has 1 saturated carbocycles. The summed E-state index contributed by atoms with van der Waals surface area (Å²) in [6.45, 7) is 3.01. The number of para-hydroxylation sites is 1. The highest BCUT2D eigenvalue weighted by molar-refractivity contribution is 5.97. The molecule has 2 heterocycles. The molecule has 0 bridgehead atoms. The fraction of sp³-hybridized carbons (Fsp3) is 0.344. The Bertz CT molecular complexity index is 1680. The number of benzene rings is 2. The van der Waals surface area contributed by atoms with Crippen molar-refractivity contribution in [3.63, 3.8) is 0 Å². The summed E-state index contributed by atoms with van der Waals surface area (Å²) in [5, 5.41) is 14.0. The molecular weight excluding hydrogens is 574 g/mol. The van der Waals surface area contributed by atoms with Gasteiger partial charge in [-0.15, -0.1) is 0 Å². The number of hydrogen-bond acceptors (Lipinski definition) is 11. The summed E-state index contributed by atoms with van der Waals surface area (Å²) < 4.78 is 13.1. The van der Waals surface area contributed by atoms with Crippen LogP contribution in [0, 0.1) is 0 Å². The lowest BCUT2D eigenvalue weighted by atomic mass is 10.1. The third-order valence-electron chi connectivity index (χ3n) is 7.15. The second-order valence-corrected chi connectivity index (χ2v) is 11.2. The molecule has 0 radical (unpaired) electrons. The Morgan fingerprint density at radius 1 is 1.02 bits per heavy atom. The number of nitrogens with zero attached hydrogens (tertiary/aromatic N) is 6. The standard InChI is InChI=1S/C32H39N9O4/c1-20(42)34-26-17-27(29(44-6)18-28(26)40(4)16-15-39(2)3)36-32-33-19-23(31(43)45-21-11-12-21)30(37-32)35-24-10-8-7-9-22(24)25-13-14-41(5)38-25/h7-10,13-14,17-19,21H,11-12,15-16H2,1-6H3,(H,34,42)(H2,33,35,36,37). The smallest absolute Gasteiger partial charge is 0.343 e. The first-order valence-corrected chi connectivity index (χ1v) is 14.7. The van der Waals surface area contributed by atoms with Gasteiger partial charge in [-0.3, -0.25) is 9.48 Å². The fourth-order valence-corrected chi connectivity index (χ4v) is 4.62. The van der Waals surface area contributed by atoms with Crippen molar-refractivity contribution in [2.75, 3.05) is 62.2 Å². The molecule has 0 unspecified atom stereocenters. The van der Waals surface area contributed by atoms with E-state index in [1.807, 2.05) is 70.8 Å². The number of hydrogen-bond donors (Lipinski definition) is 3. The van der Waals surface area contributed by atoms with Crippen LogP contribution in [0.15, 0.2) is 54.9 Å². The quantitative estimate of drug-likeness (QED) is 0.182. The van der Waals surface area contributed by atoms with Crippen molar-refractivity contribution in [1.82, 2.24) is 24.6 Å². The number of carbonyl (C=O) groups excluding carboxylic acids is 2. The van der Waals surface area contributed by atoms with Gasteiger partial charge in [0.25, 0.3) is 0 Å². The van der Waals surface area contributed by atoms with Crippen LogP contribution in [0.5, 0.6) is 5.75 Å². The number of aryl methyl sites for hydroxylation is 1. The minimum Gasteiger partial charge on any atom is -0.494 e. The molecule has 2 aromatic carbocycles. The van der Waals surface area contributed by atoms with E-state index < -0.39 is 5.97 Å². The SMILES string of the molecule is COc1cc(N(C)CCN(C)C)c(NC(C)=O)cc1Nc1ncc(C(=O)OC2CC2)c(Nc2ccccc2-c2ccn(C)n2)n1. The van der Waals surface area contributed by atoms with Crippen LogP contribution in [0.3, 0.4) is 0 Å². The third-order valence-corrected chi connectivity index (χ3v) is 7.15. The highest BCUT2D eigenvalue weighted by Gasteiger charge is 2.29. The van der Waals surface area contributed by atoms with Crippen molar-refractivity contribution in [3.05, 3.63) is 60.4 Å². The molecule has 1 amide bonds. The fourth-order valence-electron chi connectivity index (χ4n) is 4.62. The van der Waals surface area contributed by atoms with Gasteiger partial charge in [0.05, 0.1) is 29.9 Å². The van der Waals surface area contributed by atoms with Gasteiger partial charge in [-0.2, -0.15) is 10.1 Å². The van der Waals surface area contributed by atoms with Gasteiger partial charge in [0.15, 0.2) is 5.82 Å². The van der Waals surface area contributed by atoms with Gasteiger partial charge in [0.2, 0.25) is 11.9 Å². The number of nitrogens with one attached hydrogen (secondary N) is 3. The highest BCUT2D eigenvalue weighted by atomic mass is 16.5. The third kappa shape index (κ3) is 7.87. The zero-order chi connectivity index (χ0) is 32.1. The summed E-state index contributed by atoms with van der Waals surface area (Å²) in [6.07, 6.45) is 4.90. The average Bonchev–Trinajstić information content (AvgIpc) is 3.71. The van der Waals surface area contributed by atoms with E-state index in [1.165, 1.54) is 13.1 Å². The second kappa shape index (κ2) is 13.6. The van der Waals surface area contributed by atoms with Crippen molar-refractivity contribution in [2.24, 2.45) is 7.05 Å². The van der Waals surface area contributed by atoms with Gasteiger partial charge in [0, 0.05) is 63.8 Å². The van der Waals surface area contributed by atoms with Gasteiger partial charge in [0.1, 0.15) is 17.4 Å². The van der Waals surface area contributed by atoms with Crippen LogP contribution in [0.1, 0.15) is 30.1 Å². The molecule has 4 aromatic rings. The number of ether oxygens (including phenoxy) is 2. The lowest BCUT2D eigenvalue weighted by Gasteiger charge is -2.26. The first kappa shape index (κ1) is 31.3. The highest BCUT2D eigenvalue weighted by Crippen LogP contribution is 2.38. The van der Waals surface area contributed by atoms with Crippen LogP contribution in [0.25, 0.3) is 11.3 Å². The molecule has 0 spiro atoms. The maximum Gasteiger partial charge on any atom is 0.343 e. The molecule has 1 aliphatic carbocycles. The lowest BCUT2D eigenvalue weighted by Crippen LogP contribution is -2.29. The van der Waals surface area contributed by atoms with Crippen LogP contribution < -0.4 is 25.6 Å². The van der Waals surface area contributed by atoms with Crippen molar-refractivity contribution in [2.45, 2.75) is 25.9 Å². The summed E-state index contributed by atoms with van der Waals surface area (Å²) >= 11 is 0. The predicted octanol–water partition coefficient (Wildman–Crippen LogP) is 4.65. The summed E-state index contributed by atoms with van der Waals surface area (Å²) in [7, 11) is 9.40. The summed E-state index contributed by atoms with van der Waals surface area (Å²) in [5.74, 6) is 0.282. The minimum absolute atomic E-state index is 0.0882. The number of amides is 1. The molecule has 3 N–H and O–H groups in total. The van der Waals surface area contributed by atoms with Gasteiger partial charge in [-0.1, -0.05) is 18.2 Å². The molecule has 236 valence electrons. The summed E-state index contributed by atoms with van der Waals surface area (Å²) in [5.41, 5.74) is 4.42. The average molecular weight is 614 g/mol. The second-order valence-electron chi connectivity index (χ2n) is 11.2. The summed E-state index contributed by atoms with van der Waals surface area (Å²) in [6, 6.07) is 13.2. The normalized spacial score (nSPS) is 12.5. The number of aromatic nitrogens is 4.